The van der Waals surface area contributed by atoms with Gasteiger partial charge in [0, 0.05) is 35.3 Å². The molecule has 6 nitrogen and oxygen atoms in total. The number of carbonyl (C=O) groups excluding carboxylic acids is 3. The molecular formula is C25H30ClN3O3. The largest absolute Gasteiger partial charge is 0.349 e. The summed E-state index contributed by atoms with van der Waals surface area (Å²) in [7, 11) is 0. The molecule has 0 aromatic heterocycles. The SMILES string of the molecule is CC(C)C[C@@H](NC(=O)c1ccc(Cl)cc1)C(=O)N1CCC(NC(=O)c2ccccc2)CC1. The number of rotatable bonds is 7. The summed E-state index contributed by atoms with van der Waals surface area (Å²) in [5, 5.41) is 6.51. The highest BCUT2D eigenvalue weighted by Crippen LogP contribution is 2.16. The van der Waals surface area contributed by atoms with Crippen molar-refractivity contribution in [3.63, 3.8) is 0 Å². The number of carbonyl (C=O) groups is 3. The molecule has 2 aromatic rings. The highest BCUT2D eigenvalue weighted by Gasteiger charge is 2.30. The fraction of sp³-hybridized carbons (Fsp3) is 0.400. The van der Waals surface area contributed by atoms with E-state index in [1.165, 1.54) is 0 Å². The molecule has 3 rings (SSSR count). The molecule has 1 aliphatic rings. The van der Waals surface area contributed by atoms with E-state index in [0.717, 1.165) is 0 Å². The van der Waals surface area contributed by atoms with Gasteiger partial charge in [-0.1, -0.05) is 43.6 Å². The second kappa shape index (κ2) is 11.1. The van der Waals surface area contributed by atoms with Crippen molar-refractivity contribution in [2.75, 3.05) is 13.1 Å². The molecule has 1 aliphatic heterocycles. The van der Waals surface area contributed by atoms with Crippen LogP contribution in [0.1, 0.15) is 53.8 Å². The first-order valence-corrected chi connectivity index (χ1v) is 11.4. The monoisotopic (exact) mass is 455 g/mol. The smallest absolute Gasteiger partial charge is 0.251 e. The molecule has 1 heterocycles. The van der Waals surface area contributed by atoms with Crippen LogP contribution in [0.2, 0.25) is 5.02 Å². The Kier molecular flexibility index (Phi) is 8.28. The number of benzene rings is 2. The van der Waals surface area contributed by atoms with Crippen LogP contribution in [-0.4, -0.2) is 47.8 Å². The summed E-state index contributed by atoms with van der Waals surface area (Å²) in [4.78, 5) is 40.1. The average Bonchev–Trinajstić information content (AvgIpc) is 2.79. The molecule has 32 heavy (non-hydrogen) atoms. The van der Waals surface area contributed by atoms with Crippen LogP contribution in [0.5, 0.6) is 0 Å². The quantitative estimate of drug-likeness (QED) is 0.664. The molecule has 3 amide bonds. The summed E-state index contributed by atoms with van der Waals surface area (Å²) in [6, 6.07) is 15.2. The average molecular weight is 456 g/mol. The summed E-state index contributed by atoms with van der Waals surface area (Å²) in [5.41, 5.74) is 1.10. The fourth-order valence-electron chi connectivity index (χ4n) is 3.86. The van der Waals surface area contributed by atoms with Crippen LogP contribution in [0, 0.1) is 5.92 Å². The maximum atomic E-state index is 13.2. The molecule has 1 saturated heterocycles. The lowest BCUT2D eigenvalue weighted by atomic mass is 9.99. The van der Waals surface area contributed by atoms with Crippen LogP contribution in [0.3, 0.4) is 0 Å². The maximum absolute atomic E-state index is 13.2. The summed E-state index contributed by atoms with van der Waals surface area (Å²) in [6.45, 7) is 5.15. The highest BCUT2D eigenvalue weighted by molar-refractivity contribution is 6.30. The molecule has 1 fully saturated rings. The number of hydrogen-bond donors (Lipinski definition) is 2. The molecule has 0 saturated carbocycles. The van der Waals surface area contributed by atoms with Gasteiger partial charge < -0.3 is 15.5 Å². The molecule has 0 unspecified atom stereocenters. The van der Waals surface area contributed by atoms with E-state index in [-0.39, 0.29) is 29.7 Å². The third-order valence-electron chi connectivity index (χ3n) is 5.59. The zero-order valence-electron chi connectivity index (χ0n) is 18.5. The van der Waals surface area contributed by atoms with Gasteiger partial charge in [0.15, 0.2) is 0 Å². The fourth-order valence-corrected chi connectivity index (χ4v) is 3.98. The van der Waals surface area contributed by atoms with Crippen LogP contribution in [-0.2, 0) is 4.79 Å². The van der Waals surface area contributed by atoms with Gasteiger partial charge in [0.25, 0.3) is 11.8 Å². The van der Waals surface area contributed by atoms with E-state index < -0.39 is 6.04 Å². The van der Waals surface area contributed by atoms with Gasteiger partial charge >= 0.3 is 0 Å². The topological polar surface area (TPSA) is 78.5 Å². The zero-order chi connectivity index (χ0) is 23.1. The Morgan fingerprint density at radius 2 is 1.53 bits per heavy atom. The highest BCUT2D eigenvalue weighted by atomic mass is 35.5. The van der Waals surface area contributed by atoms with Crippen LogP contribution >= 0.6 is 11.6 Å². The van der Waals surface area contributed by atoms with Crippen LogP contribution in [0.25, 0.3) is 0 Å². The Bertz CT molecular complexity index is 923. The maximum Gasteiger partial charge on any atom is 0.251 e. The minimum Gasteiger partial charge on any atom is -0.349 e. The third kappa shape index (κ3) is 6.57. The van der Waals surface area contributed by atoms with E-state index in [0.29, 0.717) is 48.5 Å². The van der Waals surface area contributed by atoms with Gasteiger partial charge in [-0.2, -0.15) is 0 Å². The third-order valence-corrected chi connectivity index (χ3v) is 5.85. The number of likely N-dealkylation sites (tertiary alicyclic amines) is 1. The standard InChI is InChI=1S/C25H30ClN3O3/c1-17(2)16-22(28-24(31)19-8-10-20(26)11-9-19)25(32)29-14-12-21(13-15-29)27-23(30)18-6-4-3-5-7-18/h3-11,17,21-22H,12-16H2,1-2H3,(H,27,30)(H,28,31)/t22-/m1/s1. The van der Waals surface area contributed by atoms with E-state index in [2.05, 4.69) is 10.6 Å². The van der Waals surface area contributed by atoms with Crippen molar-refractivity contribution in [2.24, 2.45) is 5.92 Å². The van der Waals surface area contributed by atoms with E-state index in [4.69, 9.17) is 11.6 Å². The molecular weight excluding hydrogens is 426 g/mol. The van der Waals surface area contributed by atoms with Crippen molar-refractivity contribution in [1.82, 2.24) is 15.5 Å². The van der Waals surface area contributed by atoms with Gasteiger partial charge in [0.2, 0.25) is 5.91 Å². The molecule has 1 atom stereocenters. The molecule has 0 radical (unpaired) electrons. The van der Waals surface area contributed by atoms with E-state index in [1.807, 2.05) is 32.0 Å². The summed E-state index contributed by atoms with van der Waals surface area (Å²) in [6.07, 6.45) is 1.93. The van der Waals surface area contributed by atoms with Gasteiger partial charge in [-0.3, -0.25) is 14.4 Å². The normalized spacial score (nSPS) is 15.3. The second-order valence-corrected chi connectivity index (χ2v) is 9.04. The first-order valence-electron chi connectivity index (χ1n) is 11.0. The van der Waals surface area contributed by atoms with Gasteiger partial charge in [0.05, 0.1) is 0 Å². The molecule has 7 heteroatoms. The van der Waals surface area contributed by atoms with Crippen molar-refractivity contribution in [3.05, 3.63) is 70.7 Å². The zero-order valence-corrected chi connectivity index (χ0v) is 19.3. The van der Waals surface area contributed by atoms with Crippen LogP contribution < -0.4 is 10.6 Å². The number of amides is 3. The first kappa shape index (κ1) is 23.8. The molecule has 0 spiro atoms. The Hall–Kier alpha value is -2.86. The molecule has 0 bridgehead atoms. The molecule has 0 aliphatic carbocycles. The lowest BCUT2D eigenvalue weighted by Gasteiger charge is -2.35. The molecule has 170 valence electrons. The number of nitrogens with zero attached hydrogens (tertiary/aromatic N) is 1. The Balaban J connectivity index is 1.57. The minimum atomic E-state index is -0.589. The Labute approximate surface area is 194 Å². The van der Waals surface area contributed by atoms with E-state index in [9.17, 15) is 14.4 Å². The molecule has 2 aromatic carbocycles. The van der Waals surface area contributed by atoms with Crippen LogP contribution in [0.15, 0.2) is 54.6 Å². The second-order valence-electron chi connectivity index (χ2n) is 8.60. The van der Waals surface area contributed by atoms with Crippen molar-refractivity contribution >= 4 is 29.3 Å². The number of hydrogen-bond acceptors (Lipinski definition) is 3. The van der Waals surface area contributed by atoms with Gasteiger partial charge in [-0.25, -0.2) is 0 Å². The predicted molar refractivity (Wildman–Crippen MR) is 126 cm³/mol. The lowest BCUT2D eigenvalue weighted by molar-refractivity contribution is -0.134. The predicted octanol–water partition coefficient (Wildman–Crippen LogP) is 3.91. The Morgan fingerprint density at radius 1 is 0.938 bits per heavy atom. The number of halogens is 1. The van der Waals surface area contributed by atoms with Gasteiger partial charge in [-0.05, 0) is 61.6 Å². The number of nitrogens with one attached hydrogen (secondary N) is 2. The van der Waals surface area contributed by atoms with Gasteiger partial charge in [0.1, 0.15) is 6.04 Å². The van der Waals surface area contributed by atoms with Crippen molar-refractivity contribution < 1.29 is 14.4 Å². The van der Waals surface area contributed by atoms with Crippen molar-refractivity contribution in [2.45, 2.75) is 45.2 Å². The van der Waals surface area contributed by atoms with Crippen molar-refractivity contribution in [3.8, 4) is 0 Å². The minimum absolute atomic E-state index is 0.0268. The lowest BCUT2D eigenvalue weighted by Crippen LogP contribution is -2.53. The number of piperidine rings is 1. The van der Waals surface area contributed by atoms with Crippen LogP contribution in [0.4, 0.5) is 0 Å². The molecule has 2 N–H and O–H groups in total. The summed E-state index contributed by atoms with van der Waals surface area (Å²) in [5.74, 6) is -0.208. The summed E-state index contributed by atoms with van der Waals surface area (Å²) >= 11 is 5.90. The Morgan fingerprint density at radius 3 is 2.12 bits per heavy atom. The van der Waals surface area contributed by atoms with E-state index in [1.54, 1.807) is 41.3 Å². The van der Waals surface area contributed by atoms with Crippen molar-refractivity contribution in [1.29, 1.82) is 0 Å². The first-order chi connectivity index (χ1) is 15.3. The van der Waals surface area contributed by atoms with E-state index >= 15 is 0 Å². The summed E-state index contributed by atoms with van der Waals surface area (Å²) < 4.78 is 0. The van der Waals surface area contributed by atoms with Gasteiger partial charge in [-0.15, -0.1) is 0 Å².